The van der Waals surface area contributed by atoms with Gasteiger partial charge in [-0.05, 0) is 18.2 Å². The summed E-state index contributed by atoms with van der Waals surface area (Å²) in [6, 6.07) is 6.54. The highest BCUT2D eigenvalue weighted by atomic mass is 35.5. The van der Waals surface area contributed by atoms with Crippen LogP contribution in [0.25, 0.3) is 11.1 Å². The summed E-state index contributed by atoms with van der Waals surface area (Å²) in [7, 11) is 0. The smallest absolute Gasteiger partial charge is 0.217 e. The van der Waals surface area contributed by atoms with Gasteiger partial charge in [-0.3, -0.25) is 0 Å². The predicted octanol–water partition coefficient (Wildman–Crippen LogP) is 4.91. The molecule has 2 rings (SSSR count). The molecule has 0 amide bonds. The predicted molar refractivity (Wildman–Crippen MR) is 74.0 cm³/mol. The number of halogens is 4. The van der Waals surface area contributed by atoms with Gasteiger partial charge in [0.25, 0.3) is 0 Å². The van der Waals surface area contributed by atoms with Crippen LogP contribution >= 0.6 is 34.8 Å². The number of hydrogen-bond acceptors (Lipinski definition) is 2. The molecule has 0 saturated carbocycles. The molecule has 0 unspecified atom stereocenters. The molecule has 0 N–H and O–H groups in total. The zero-order chi connectivity index (χ0) is 14.0. The van der Waals surface area contributed by atoms with E-state index in [1.807, 2.05) is 6.07 Å². The highest BCUT2D eigenvalue weighted by Gasteiger charge is 2.14. The minimum atomic E-state index is -0.681. The van der Waals surface area contributed by atoms with Gasteiger partial charge in [-0.1, -0.05) is 34.8 Å². The lowest BCUT2D eigenvalue weighted by atomic mass is 10.0. The van der Waals surface area contributed by atoms with Crippen LogP contribution in [0.4, 0.5) is 4.39 Å². The summed E-state index contributed by atoms with van der Waals surface area (Å²) in [6.07, 6.45) is 1.22. The Morgan fingerprint density at radius 1 is 1.21 bits per heavy atom. The van der Waals surface area contributed by atoms with Crippen LogP contribution in [0.1, 0.15) is 5.56 Å². The zero-order valence-corrected chi connectivity index (χ0v) is 11.7. The molecule has 0 bridgehead atoms. The standard InChI is InChI=1S/C13H6Cl3FN2/c14-9-1-2-10(15)12(16)11(9)8-5-7(3-4-18)13(17)19-6-8/h1-2,5-6H,3H2. The van der Waals surface area contributed by atoms with Crippen LogP contribution in [0.2, 0.25) is 15.1 Å². The van der Waals surface area contributed by atoms with Gasteiger partial charge in [-0.25, -0.2) is 4.98 Å². The Labute approximate surface area is 124 Å². The molecule has 1 aromatic carbocycles. The molecule has 19 heavy (non-hydrogen) atoms. The second-order valence-corrected chi connectivity index (χ2v) is 4.92. The third-order valence-corrected chi connectivity index (χ3v) is 3.63. The quantitative estimate of drug-likeness (QED) is 0.583. The molecule has 0 fully saturated rings. The van der Waals surface area contributed by atoms with E-state index in [1.54, 1.807) is 12.1 Å². The molecule has 0 aliphatic carbocycles. The van der Waals surface area contributed by atoms with Gasteiger partial charge >= 0.3 is 0 Å². The topological polar surface area (TPSA) is 36.7 Å². The van der Waals surface area contributed by atoms with Crippen LogP contribution in [-0.2, 0) is 6.42 Å². The fourth-order valence-electron chi connectivity index (χ4n) is 1.63. The Balaban J connectivity index is 2.63. The van der Waals surface area contributed by atoms with E-state index in [-0.39, 0.29) is 17.0 Å². The number of hydrogen-bond donors (Lipinski definition) is 0. The fraction of sp³-hybridized carbons (Fsp3) is 0.0769. The van der Waals surface area contributed by atoms with Crippen LogP contribution in [0.15, 0.2) is 24.4 Å². The van der Waals surface area contributed by atoms with Gasteiger partial charge in [-0.15, -0.1) is 0 Å². The fourth-order valence-corrected chi connectivity index (χ4v) is 2.38. The van der Waals surface area contributed by atoms with Crippen LogP contribution < -0.4 is 0 Å². The molecule has 2 aromatic rings. The van der Waals surface area contributed by atoms with Crippen molar-refractivity contribution >= 4 is 34.8 Å². The van der Waals surface area contributed by atoms with E-state index >= 15 is 0 Å². The Morgan fingerprint density at radius 2 is 1.89 bits per heavy atom. The van der Waals surface area contributed by atoms with Gasteiger partial charge in [0.1, 0.15) is 0 Å². The molecule has 0 aliphatic heterocycles. The average Bonchev–Trinajstić information content (AvgIpc) is 2.38. The summed E-state index contributed by atoms with van der Waals surface area (Å²) in [5.41, 5.74) is 1.18. The second kappa shape index (κ2) is 5.75. The molecule has 1 aromatic heterocycles. The first-order chi connectivity index (χ1) is 9.04. The zero-order valence-electron chi connectivity index (χ0n) is 9.42. The van der Waals surface area contributed by atoms with Gasteiger partial charge < -0.3 is 0 Å². The molecule has 0 saturated heterocycles. The molecule has 1 heterocycles. The van der Waals surface area contributed by atoms with Gasteiger partial charge in [-0.2, -0.15) is 9.65 Å². The maximum atomic E-state index is 13.4. The molecule has 0 aliphatic rings. The molecule has 2 nitrogen and oxygen atoms in total. The summed E-state index contributed by atoms with van der Waals surface area (Å²) < 4.78 is 13.4. The average molecular weight is 316 g/mol. The minimum Gasteiger partial charge on any atom is -0.227 e. The SMILES string of the molecule is N#CCc1cc(-c2c(Cl)ccc(Cl)c2Cl)cnc1F. The van der Waals surface area contributed by atoms with Gasteiger partial charge in [0.2, 0.25) is 5.95 Å². The van der Waals surface area contributed by atoms with Crippen molar-refractivity contribution in [2.24, 2.45) is 0 Å². The Kier molecular flexibility index (Phi) is 4.26. The molecule has 96 valence electrons. The van der Waals surface area contributed by atoms with Crippen LogP contribution in [-0.4, -0.2) is 4.98 Å². The maximum Gasteiger partial charge on any atom is 0.217 e. The van der Waals surface area contributed by atoms with E-state index in [0.29, 0.717) is 21.2 Å². The van der Waals surface area contributed by atoms with Crippen molar-refractivity contribution in [3.8, 4) is 17.2 Å². The number of nitrogens with zero attached hydrogens (tertiary/aromatic N) is 2. The highest BCUT2D eigenvalue weighted by molar-refractivity contribution is 6.46. The van der Waals surface area contributed by atoms with Crippen LogP contribution in [0, 0.1) is 17.3 Å². The van der Waals surface area contributed by atoms with E-state index < -0.39 is 5.95 Å². The first-order valence-corrected chi connectivity index (χ1v) is 6.33. The number of aromatic nitrogens is 1. The van der Waals surface area contributed by atoms with Crippen molar-refractivity contribution in [3.05, 3.63) is 51.0 Å². The lowest BCUT2D eigenvalue weighted by Crippen LogP contribution is -1.95. The summed E-state index contributed by atoms with van der Waals surface area (Å²) in [6.45, 7) is 0. The van der Waals surface area contributed by atoms with Crippen molar-refractivity contribution < 1.29 is 4.39 Å². The molecule has 0 spiro atoms. The number of nitriles is 1. The van der Waals surface area contributed by atoms with Crippen molar-refractivity contribution in [2.45, 2.75) is 6.42 Å². The van der Waals surface area contributed by atoms with E-state index in [0.717, 1.165) is 0 Å². The normalized spacial score (nSPS) is 10.3. The van der Waals surface area contributed by atoms with E-state index in [1.165, 1.54) is 12.3 Å². The minimum absolute atomic E-state index is 0.0809. The third kappa shape index (κ3) is 2.82. The van der Waals surface area contributed by atoms with Crippen molar-refractivity contribution in [1.29, 1.82) is 5.26 Å². The largest absolute Gasteiger partial charge is 0.227 e. The monoisotopic (exact) mass is 314 g/mol. The van der Waals surface area contributed by atoms with Crippen molar-refractivity contribution in [3.63, 3.8) is 0 Å². The summed E-state index contributed by atoms with van der Waals surface area (Å²) in [5.74, 6) is -0.681. The number of benzene rings is 1. The first kappa shape index (κ1) is 14.1. The molecule has 0 atom stereocenters. The van der Waals surface area contributed by atoms with E-state index in [2.05, 4.69) is 4.98 Å². The molecular weight excluding hydrogens is 310 g/mol. The lowest BCUT2D eigenvalue weighted by Gasteiger charge is -2.09. The summed E-state index contributed by atoms with van der Waals surface area (Å²) in [5, 5.41) is 9.63. The van der Waals surface area contributed by atoms with Crippen LogP contribution in [0.3, 0.4) is 0 Å². The molecule has 6 heteroatoms. The second-order valence-electron chi connectivity index (χ2n) is 3.73. The summed E-state index contributed by atoms with van der Waals surface area (Å²) in [4.78, 5) is 3.61. The number of pyridine rings is 1. The van der Waals surface area contributed by atoms with Crippen molar-refractivity contribution in [2.75, 3.05) is 0 Å². The van der Waals surface area contributed by atoms with Gasteiger partial charge in [0.15, 0.2) is 0 Å². The summed E-state index contributed by atoms with van der Waals surface area (Å²) >= 11 is 18.1. The van der Waals surface area contributed by atoms with Crippen molar-refractivity contribution in [1.82, 2.24) is 4.98 Å². The van der Waals surface area contributed by atoms with Crippen LogP contribution in [0.5, 0.6) is 0 Å². The third-order valence-electron chi connectivity index (χ3n) is 2.51. The molecular formula is C13H6Cl3FN2. The maximum absolute atomic E-state index is 13.4. The number of rotatable bonds is 2. The van der Waals surface area contributed by atoms with Gasteiger partial charge in [0, 0.05) is 22.9 Å². The van der Waals surface area contributed by atoms with E-state index in [9.17, 15) is 4.39 Å². The van der Waals surface area contributed by atoms with E-state index in [4.69, 9.17) is 40.1 Å². The Morgan fingerprint density at radius 3 is 2.58 bits per heavy atom. The first-order valence-electron chi connectivity index (χ1n) is 5.20. The lowest BCUT2D eigenvalue weighted by molar-refractivity contribution is 0.571. The van der Waals surface area contributed by atoms with Gasteiger partial charge in [0.05, 0.1) is 27.6 Å². The Bertz CT molecular complexity index is 680. The highest BCUT2D eigenvalue weighted by Crippen LogP contribution is 2.39. The molecule has 0 radical (unpaired) electrons. The Hall–Kier alpha value is -1.34.